The Morgan fingerprint density at radius 1 is 0.917 bits per heavy atom. The molecule has 0 atom stereocenters. The minimum absolute atomic E-state index is 0.0720. The Morgan fingerprint density at radius 3 is 2.61 bits per heavy atom. The Kier molecular flexibility index (Phi) is 8.79. The van der Waals surface area contributed by atoms with Gasteiger partial charge in [-0.2, -0.15) is 0 Å². The third-order valence-corrected chi connectivity index (χ3v) is 5.78. The third-order valence-electron chi connectivity index (χ3n) is 5.48. The van der Waals surface area contributed by atoms with Gasteiger partial charge in [0.15, 0.2) is 0 Å². The quantitative estimate of drug-likeness (QED) is 0.169. The van der Waals surface area contributed by atoms with Crippen LogP contribution in [0, 0.1) is 0 Å². The number of benzene rings is 2. The normalized spacial score (nSPS) is 11.8. The number of rotatable bonds is 12. The summed E-state index contributed by atoms with van der Waals surface area (Å²) in [5.41, 5.74) is 1.70. The van der Waals surface area contributed by atoms with E-state index in [0.717, 1.165) is 52.4 Å². The second-order valence-electron chi connectivity index (χ2n) is 8.13. The van der Waals surface area contributed by atoms with Gasteiger partial charge in [0.25, 0.3) is 0 Å². The predicted octanol–water partition coefficient (Wildman–Crippen LogP) is 6.33. The second-order valence-corrected chi connectivity index (χ2v) is 8.54. The molecule has 0 aliphatic heterocycles. The molecule has 10 heteroatoms. The molecule has 4 aromatic rings. The van der Waals surface area contributed by atoms with E-state index in [2.05, 4.69) is 20.4 Å². The van der Waals surface area contributed by atoms with Crippen molar-refractivity contribution in [2.75, 3.05) is 31.6 Å². The average Bonchev–Trinajstić information content (AvgIpc) is 2.86. The number of anilines is 1. The van der Waals surface area contributed by atoms with Crippen LogP contribution in [0.15, 0.2) is 60.9 Å². The number of hydrogen-bond acceptors (Lipinski definition) is 6. The maximum absolute atomic E-state index is 12.3. The van der Waals surface area contributed by atoms with Crippen LogP contribution in [-0.4, -0.2) is 42.6 Å². The fraction of sp³-hybridized carbons (Fsp3) is 0.308. The topological polar surface area (TPSA) is 68.3 Å². The van der Waals surface area contributed by atoms with Crippen molar-refractivity contribution in [2.24, 2.45) is 0 Å². The number of fused-ring (bicyclic) bond motifs is 3. The van der Waals surface area contributed by atoms with Gasteiger partial charge in [-0.25, -0.2) is 4.98 Å². The molecular formula is C26H26ClF3N4O2. The monoisotopic (exact) mass is 518 g/mol. The molecule has 2 heterocycles. The highest BCUT2D eigenvalue weighted by atomic mass is 35.5. The third kappa shape index (κ3) is 7.19. The van der Waals surface area contributed by atoms with Crippen molar-refractivity contribution in [1.82, 2.24) is 15.3 Å². The Morgan fingerprint density at radius 2 is 1.78 bits per heavy atom. The Hall–Kier alpha value is -3.14. The van der Waals surface area contributed by atoms with E-state index in [1.165, 1.54) is 12.1 Å². The summed E-state index contributed by atoms with van der Waals surface area (Å²) < 4.78 is 46.5. The molecule has 0 saturated carbocycles. The van der Waals surface area contributed by atoms with Crippen LogP contribution in [0.4, 0.5) is 19.0 Å². The number of halogens is 4. The van der Waals surface area contributed by atoms with E-state index in [0.29, 0.717) is 26.3 Å². The predicted molar refractivity (Wildman–Crippen MR) is 135 cm³/mol. The molecule has 2 N–H and O–H groups in total. The van der Waals surface area contributed by atoms with Crippen LogP contribution >= 0.6 is 11.6 Å². The van der Waals surface area contributed by atoms with Gasteiger partial charge in [-0.1, -0.05) is 35.9 Å². The van der Waals surface area contributed by atoms with Crippen LogP contribution in [0.5, 0.6) is 5.75 Å². The fourth-order valence-electron chi connectivity index (χ4n) is 3.82. The maximum atomic E-state index is 12.3. The molecule has 0 spiro atoms. The van der Waals surface area contributed by atoms with Gasteiger partial charge in [-0.3, -0.25) is 4.98 Å². The van der Waals surface area contributed by atoms with E-state index < -0.39 is 12.1 Å². The summed E-state index contributed by atoms with van der Waals surface area (Å²) in [4.78, 5) is 9.01. The van der Waals surface area contributed by atoms with Crippen molar-refractivity contribution >= 4 is 39.1 Å². The highest BCUT2D eigenvalue weighted by Gasteiger charge is 2.32. The number of ether oxygens (including phenoxy) is 2. The van der Waals surface area contributed by atoms with Crippen LogP contribution in [0.25, 0.3) is 21.7 Å². The van der Waals surface area contributed by atoms with Gasteiger partial charge < -0.3 is 20.1 Å². The molecule has 2 aromatic heterocycles. The number of hydrogen-bond donors (Lipinski definition) is 2. The molecule has 0 fully saturated rings. The summed E-state index contributed by atoms with van der Waals surface area (Å²) in [6, 6.07) is 14.2. The fourth-order valence-corrected chi connectivity index (χ4v) is 4.06. The largest absolute Gasteiger partial charge is 0.573 e. The van der Waals surface area contributed by atoms with Crippen molar-refractivity contribution < 1.29 is 22.6 Å². The van der Waals surface area contributed by atoms with E-state index in [4.69, 9.17) is 21.3 Å². The van der Waals surface area contributed by atoms with Gasteiger partial charge in [0.1, 0.15) is 11.6 Å². The molecule has 0 aliphatic carbocycles. The minimum atomic E-state index is -4.76. The molecule has 4 rings (SSSR count). The lowest BCUT2D eigenvalue weighted by molar-refractivity contribution is -0.274. The molecule has 36 heavy (non-hydrogen) atoms. The first-order valence-corrected chi connectivity index (χ1v) is 12.0. The zero-order valence-electron chi connectivity index (χ0n) is 19.4. The van der Waals surface area contributed by atoms with Crippen molar-refractivity contribution in [2.45, 2.75) is 25.7 Å². The summed E-state index contributed by atoms with van der Waals surface area (Å²) in [5.74, 6) is 0.415. The maximum Gasteiger partial charge on any atom is 0.573 e. The smallest absolute Gasteiger partial charge is 0.404 e. The van der Waals surface area contributed by atoms with Crippen molar-refractivity contribution in [3.63, 3.8) is 0 Å². The summed E-state index contributed by atoms with van der Waals surface area (Å²) in [7, 11) is 0. The first kappa shape index (κ1) is 25.9. The summed E-state index contributed by atoms with van der Waals surface area (Å²) in [6.45, 7) is 3.07. The van der Waals surface area contributed by atoms with E-state index in [1.54, 1.807) is 12.3 Å². The molecule has 0 saturated heterocycles. The van der Waals surface area contributed by atoms with Gasteiger partial charge in [-0.15, -0.1) is 13.2 Å². The molecule has 0 amide bonds. The van der Waals surface area contributed by atoms with Gasteiger partial charge in [-0.05, 0) is 49.2 Å². The zero-order valence-corrected chi connectivity index (χ0v) is 20.2. The highest BCUT2D eigenvalue weighted by molar-refractivity contribution is 6.32. The van der Waals surface area contributed by atoms with Crippen LogP contribution in [0.1, 0.15) is 18.4 Å². The first-order valence-electron chi connectivity index (χ1n) is 11.6. The zero-order chi connectivity index (χ0) is 25.4. The van der Waals surface area contributed by atoms with Gasteiger partial charge in [0.2, 0.25) is 0 Å². The lowest BCUT2D eigenvalue weighted by atomic mass is 10.1. The second kappa shape index (κ2) is 12.2. The lowest BCUT2D eigenvalue weighted by Gasteiger charge is -2.12. The number of aromatic nitrogens is 2. The molecule has 2 aromatic carbocycles. The molecule has 0 bridgehead atoms. The molecule has 0 unspecified atom stereocenters. The minimum Gasteiger partial charge on any atom is -0.404 e. The molecule has 0 radical (unpaired) electrons. The summed E-state index contributed by atoms with van der Waals surface area (Å²) in [5, 5.41) is 9.71. The first-order chi connectivity index (χ1) is 17.4. The molecule has 0 aliphatic rings. The summed E-state index contributed by atoms with van der Waals surface area (Å²) >= 11 is 5.87. The number of para-hydroxylation sites is 1. The highest BCUT2D eigenvalue weighted by Crippen LogP contribution is 2.31. The molecule has 6 nitrogen and oxygen atoms in total. The Bertz CT molecular complexity index is 1300. The van der Waals surface area contributed by atoms with E-state index in [9.17, 15) is 13.2 Å². The SMILES string of the molecule is FC(F)(F)Oc1ccc(CNCCCCOCCNc2nc3ccccc3c3cnccc23)cc1Cl. The van der Waals surface area contributed by atoms with Crippen molar-refractivity contribution in [3.8, 4) is 5.75 Å². The number of unbranched alkanes of at least 4 members (excludes halogenated alkanes) is 1. The number of nitrogens with zero attached hydrogens (tertiary/aromatic N) is 2. The Labute approximate surface area is 211 Å². The van der Waals surface area contributed by atoms with Gasteiger partial charge >= 0.3 is 6.36 Å². The van der Waals surface area contributed by atoms with Crippen molar-refractivity contribution in [1.29, 1.82) is 0 Å². The molecule has 190 valence electrons. The van der Waals surface area contributed by atoms with Crippen LogP contribution in [-0.2, 0) is 11.3 Å². The van der Waals surface area contributed by atoms with Crippen LogP contribution in [0.2, 0.25) is 5.02 Å². The van der Waals surface area contributed by atoms with E-state index in [-0.39, 0.29) is 5.02 Å². The number of alkyl halides is 3. The van der Waals surface area contributed by atoms with Gasteiger partial charge in [0, 0.05) is 48.2 Å². The Balaban J connectivity index is 1.12. The van der Waals surface area contributed by atoms with E-state index >= 15 is 0 Å². The number of nitrogens with one attached hydrogen (secondary N) is 2. The molecular weight excluding hydrogens is 493 g/mol. The van der Waals surface area contributed by atoms with Crippen LogP contribution < -0.4 is 15.4 Å². The average molecular weight is 519 g/mol. The van der Waals surface area contributed by atoms with Crippen LogP contribution in [0.3, 0.4) is 0 Å². The standard InChI is InChI=1S/C26H26ClF3N4O2/c27-22-15-18(7-8-24(22)36-26(28,29)30)16-31-10-3-4-13-35-14-12-33-25-20-9-11-32-17-21(20)19-5-1-2-6-23(19)34-25/h1-2,5-9,11,15,17,31H,3-4,10,12-14,16H2,(H,33,34). The van der Waals surface area contributed by atoms with Gasteiger partial charge in [0.05, 0.1) is 17.1 Å². The van der Waals surface area contributed by atoms with E-state index in [1.807, 2.05) is 36.5 Å². The number of pyridine rings is 2. The summed E-state index contributed by atoms with van der Waals surface area (Å²) in [6.07, 6.45) is 0.651. The van der Waals surface area contributed by atoms with Crippen molar-refractivity contribution in [3.05, 3.63) is 71.5 Å². The lowest BCUT2D eigenvalue weighted by Crippen LogP contribution is -2.18.